The topological polar surface area (TPSA) is 65.0 Å². The fourth-order valence-electron chi connectivity index (χ4n) is 2.56. The Morgan fingerprint density at radius 1 is 1.12 bits per heavy atom. The van der Waals surface area contributed by atoms with Crippen molar-refractivity contribution in [1.29, 1.82) is 0 Å². The molecule has 0 bridgehead atoms. The molecule has 0 saturated carbocycles. The summed E-state index contributed by atoms with van der Waals surface area (Å²) >= 11 is 0. The molecule has 0 aliphatic carbocycles. The van der Waals surface area contributed by atoms with Crippen molar-refractivity contribution in [2.24, 2.45) is 11.8 Å². The van der Waals surface area contributed by atoms with E-state index in [1.165, 1.54) is 18.3 Å². The molecule has 2 aromatic rings. The van der Waals surface area contributed by atoms with Crippen LogP contribution in [0.4, 0.5) is 8.78 Å². The number of hydrogen-bond acceptors (Lipinski definition) is 5. The van der Waals surface area contributed by atoms with Gasteiger partial charge in [0.2, 0.25) is 0 Å². The van der Waals surface area contributed by atoms with E-state index in [9.17, 15) is 13.6 Å². The molecule has 5 nitrogen and oxygen atoms in total. The molecule has 25 heavy (non-hydrogen) atoms. The van der Waals surface area contributed by atoms with Crippen LogP contribution < -0.4 is 4.74 Å². The summed E-state index contributed by atoms with van der Waals surface area (Å²) in [6.45, 7) is 6.58. The molecule has 0 amide bonds. The van der Waals surface area contributed by atoms with Crippen molar-refractivity contribution in [3.8, 4) is 17.1 Å². The second-order valence-electron chi connectivity index (χ2n) is 6.34. The van der Waals surface area contributed by atoms with E-state index in [2.05, 4.69) is 28.8 Å². The number of aromatic nitrogens is 3. The Morgan fingerprint density at radius 3 is 2.48 bits per heavy atom. The predicted molar refractivity (Wildman–Crippen MR) is 89.7 cm³/mol. The van der Waals surface area contributed by atoms with Gasteiger partial charge in [-0.2, -0.15) is 0 Å². The van der Waals surface area contributed by atoms with Crippen molar-refractivity contribution < 1.29 is 18.3 Å². The number of ether oxygens (including phenoxy) is 1. The molecule has 1 atom stereocenters. The highest BCUT2D eigenvalue weighted by Gasteiger charge is 2.19. The molecule has 0 aromatic carbocycles. The monoisotopic (exact) mass is 349 g/mol. The van der Waals surface area contributed by atoms with Gasteiger partial charge in [0.05, 0.1) is 18.0 Å². The molecule has 0 aliphatic heterocycles. The summed E-state index contributed by atoms with van der Waals surface area (Å²) < 4.78 is 32.3. The normalized spacial score (nSPS) is 12.4. The largest absolute Gasteiger partial charge is 0.491 e. The summed E-state index contributed by atoms with van der Waals surface area (Å²) in [6, 6.07) is 4.52. The summed E-state index contributed by atoms with van der Waals surface area (Å²) in [7, 11) is 0. The van der Waals surface area contributed by atoms with E-state index in [0.717, 1.165) is 6.42 Å². The van der Waals surface area contributed by atoms with Gasteiger partial charge in [0.25, 0.3) is 6.43 Å². The van der Waals surface area contributed by atoms with Gasteiger partial charge < -0.3 is 4.74 Å². The number of alkyl halides is 2. The third kappa shape index (κ3) is 5.27. The minimum absolute atomic E-state index is 0.0271. The number of aldehydes is 1. The lowest BCUT2D eigenvalue weighted by Gasteiger charge is -2.17. The molecular weight excluding hydrogens is 328 g/mol. The highest BCUT2D eigenvalue weighted by Crippen LogP contribution is 2.30. The van der Waals surface area contributed by atoms with Crippen LogP contribution in [0.15, 0.2) is 24.4 Å². The van der Waals surface area contributed by atoms with Crippen LogP contribution in [0.25, 0.3) is 11.4 Å². The average Bonchev–Trinajstić information content (AvgIpc) is 2.59. The average molecular weight is 349 g/mol. The molecule has 2 rings (SSSR count). The van der Waals surface area contributed by atoms with Crippen molar-refractivity contribution in [2.45, 2.75) is 33.6 Å². The minimum Gasteiger partial charge on any atom is -0.491 e. The van der Waals surface area contributed by atoms with E-state index < -0.39 is 12.1 Å². The lowest BCUT2D eigenvalue weighted by molar-refractivity contribution is 0.111. The van der Waals surface area contributed by atoms with E-state index in [0.29, 0.717) is 24.5 Å². The van der Waals surface area contributed by atoms with Crippen LogP contribution in [0.3, 0.4) is 0 Å². The number of halogens is 2. The molecule has 0 spiro atoms. The number of nitrogens with zero attached hydrogens (tertiary/aromatic N) is 3. The summed E-state index contributed by atoms with van der Waals surface area (Å²) in [6.07, 6.45) is 0.0480. The van der Waals surface area contributed by atoms with Gasteiger partial charge in [0.15, 0.2) is 12.1 Å². The zero-order valence-electron chi connectivity index (χ0n) is 14.4. The van der Waals surface area contributed by atoms with Gasteiger partial charge in [0, 0.05) is 6.20 Å². The quantitative estimate of drug-likeness (QED) is 0.663. The molecule has 7 heteroatoms. The molecule has 0 radical (unpaired) electrons. The molecular formula is C18H21F2N3O2. The van der Waals surface area contributed by atoms with Crippen LogP contribution in [0, 0.1) is 11.8 Å². The maximum absolute atomic E-state index is 13.4. The first-order valence-electron chi connectivity index (χ1n) is 8.11. The van der Waals surface area contributed by atoms with Crippen LogP contribution in [0.1, 0.15) is 49.9 Å². The zero-order chi connectivity index (χ0) is 18.4. The number of hydrogen-bond donors (Lipinski definition) is 0. The lowest BCUT2D eigenvalue weighted by Crippen LogP contribution is -2.12. The van der Waals surface area contributed by atoms with Crippen molar-refractivity contribution in [1.82, 2.24) is 15.0 Å². The fourth-order valence-corrected chi connectivity index (χ4v) is 2.56. The summed E-state index contributed by atoms with van der Waals surface area (Å²) in [5, 5.41) is 0. The maximum atomic E-state index is 13.4. The fraction of sp³-hybridized carbons (Fsp3) is 0.444. The van der Waals surface area contributed by atoms with Gasteiger partial charge in [-0.15, -0.1) is 0 Å². The van der Waals surface area contributed by atoms with Crippen molar-refractivity contribution in [3.05, 3.63) is 35.9 Å². The third-order valence-corrected chi connectivity index (χ3v) is 3.53. The lowest BCUT2D eigenvalue weighted by atomic mass is 10.00. The summed E-state index contributed by atoms with van der Waals surface area (Å²) in [5.41, 5.74) is 0.114. The van der Waals surface area contributed by atoms with E-state index in [-0.39, 0.29) is 23.2 Å². The molecule has 0 fully saturated rings. The van der Waals surface area contributed by atoms with Gasteiger partial charge in [-0.3, -0.25) is 4.79 Å². The number of carbonyl (C=O) groups is 1. The maximum Gasteiger partial charge on any atom is 0.284 e. The Bertz CT molecular complexity index is 723. The first-order valence-corrected chi connectivity index (χ1v) is 8.11. The Morgan fingerprint density at radius 2 is 1.84 bits per heavy atom. The molecule has 1 unspecified atom stereocenters. The van der Waals surface area contributed by atoms with E-state index in [1.807, 2.05) is 6.92 Å². The first-order chi connectivity index (χ1) is 11.9. The van der Waals surface area contributed by atoms with E-state index >= 15 is 0 Å². The standard InChI is InChI=1S/C18H21F2N3O2/c1-11(2)8-12(3)10-25-15-5-4-13(23-17(15)18(19)20)14-6-7-21-16(9-24)22-14/h4-7,9,11-12,18H,8,10H2,1-3H3. The SMILES string of the molecule is CC(C)CC(C)COc1ccc(-c2ccnc(C=O)n2)nc1C(F)F. The van der Waals surface area contributed by atoms with Gasteiger partial charge in [0.1, 0.15) is 11.4 Å². The molecule has 0 N–H and O–H groups in total. The summed E-state index contributed by atoms with van der Waals surface area (Å²) in [4.78, 5) is 22.5. The van der Waals surface area contributed by atoms with Gasteiger partial charge in [-0.1, -0.05) is 20.8 Å². The van der Waals surface area contributed by atoms with E-state index in [4.69, 9.17) is 4.74 Å². The number of pyridine rings is 1. The number of rotatable bonds is 8. The zero-order valence-corrected chi connectivity index (χ0v) is 14.4. The van der Waals surface area contributed by atoms with Crippen LogP contribution in [0.2, 0.25) is 0 Å². The highest BCUT2D eigenvalue weighted by molar-refractivity contribution is 5.70. The van der Waals surface area contributed by atoms with Gasteiger partial charge in [-0.25, -0.2) is 23.7 Å². The second-order valence-corrected chi connectivity index (χ2v) is 6.34. The van der Waals surface area contributed by atoms with Crippen molar-refractivity contribution in [3.63, 3.8) is 0 Å². The molecule has 2 heterocycles. The van der Waals surface area contributed by atoms with Crippen LogP contribution in [-0.4, -0.2) is 27.8 Å². The van der Waals surface area contributed by atoms with E-state index in [1.54, 1.807) is 6.07 Å². The van der Waals surface area contributed by atoms with Crippen molar-refractivity contribution >= 4 is 6.29 Å². The number of carbonyl (C=O) groups excluding carboxylic acids is 1. The Kier molecular flexibility index (Phi) is 6.50. The van der Waals surface area contributed by atoms with Gasteiger partial charge in [-0.05, 0) is 36.5 Å². The Balaban J connectivity index is 2.23. The van der Waals surface area contributed by atoms with Gasteiger partial charge >= 0.3 is 0 Å². The third-order valence-electron chi connectivity index (χ3n) is 3.53. The molecule has 2 aromatic heterocycles. The van der Waals surface area contributed by atoms with Crippen molar-refractivity contribution in [2.75, 3.05) is 6.61 Å². The van der Waals surface area contributed by atoms with Crippen LogP contribution >= 0.6 is 0 Å². The predicted octanol–water partition coefficient (Wildman–Crippen LogP) is 4.35. The first kappa shape index (κ1) is 18.9. The van der Waals surface area contributed by atoms with Crippen LogP contribution in [-0.2, 0) is 0 Å². The van der Waals surface area contributed by atoms with Crippen LogP contribution in [0.5, 0.6) is 5.75 Å². The second kappa shape index (κ2) is 8.60. The summed E-state index contributed by atoms with van der Waals surface area (Å²) in [5.74, 6) is 0.806. The smallest absolute Gasteiger partial charge is 0.284 e. The molecule has 0 saturated heterocycles. The molecule has 0 aliphatic rings. The highest BCUT2D eigenvalue weighted by atomic mass is 19.3. The Hall–Kier alpha value is -2.44. The Labute approximate surface area is 145 Å². The minimum atomic E-state index is -2.78. The molecule has 134 valence electrons.